The van der Waals surface area contributed by atoms with Gasteiger partial charge in [-0.15, -0.1) is 0 Å². The van der Waals surface area contributed by atoms with Crippen LogP contribution >= 0.6 is 0 Å². The Morgan fingerprint density at radius 1 is 1.04 bits per heavy atom. The van der Waals surface area contributed by atoms with Crippen molar-refractivity contribution in [2.24, 2.45) is 0 Å². The summed E-state index contributed by atoms with van der Waals surface area (Å²) in [6.45, 7) is 9.47. The average Bonchev–Trinajstić information content (AvgIpc) is 2.60. The van der Waals surface area contributed by atoms with Crippen LogP contribution < -0.4 is 10.1 Å². The maximum Gasteiger partial charge on any atom is 0.119 e. The van der Waals surface area contributed by atoms with E-state index in [1.165, 1.54) is 16.7 Å². The van der Waals surface area contributed by atoms with E-state index in [1.807, 2.05) is 12.1 Å². The third-order valence-electron chi connectivity index (χ3n) is 4.73. The van der Waals surface area contributed by atoms with Gasteiger partial charge in [0.05, 0.1) is 6.61 Å². The second-order valence-corrected chi connectivity index (χ2v) is 6.75. The second-order valence-electron chi connectivity index (χ2n) is 6.75. The predicted molar refractivity (Wildman–Crippen MR) is 99.6 cm³/mol. The van der Waals surface area contributed by atoms with Crippen LogP contribution in [-0.4, -0.2) is 37.2 Å². The number of nitrogens with zero attached hydrogens (tertiary/aromatic N) is 1. The van der Waals surface area contributed by atoms with Gasteiger partial charge in [-0.05, 0) is 37.1 Å². The van der Waals surface area contributed by atoms with Crippen molar-refractivity contribution in [3.05, 3.63) is 65.2 Å². The van der Waals surface area contributed by atoms with E-state index in [-0.39, 0.29) is 0 Å². The van der Waals surface area contributed by atoms with Crippen molar-refractivity contribution in [2.75, 3.05) is 26.2 Å². The summed E-state index contributed by atoms with van der Waals surface area (Å²) in [5.41, 5.74) is 3.99. The SMILES string of the molecule is Cc1ccc(OCCc2ccc(CN3CCNC[C@@H]3C)cc2)cc1. The van der Waals surface area contributed by atoms with Crippen molar-refractivity contribution in [1.29, 1.82) is 0 Å². The monoisotopic (exact) mass is 324 g/mol. The Balaban J connectivity index is 1.46. The molecule has 0 amide bonds. The van der Waals surface area contributed by atoms with Gasteiger partial charge in [0.15, 0.2) is 0 Å². The zero-order chi connectivity index (χ0) is 16.8. The lowest BCUT2D eigenvalue weighted by atomic mass is 10.1. The van der Waals surface area contributed by atoms with Crippen molar-refractivity contribution in [2.45, 2.75) is 32.9 Å². The second kappa shape index (κ2) is 8.32. The van der Waals surface area contributed by atoms with Crippen LogP contribution in [0.25, 0.3) is 0 Å². The lowest BCUT2D eigenvalue weighted by Gasteiger charge is -2.33. The topological polar surface area (TPSA) is 24.5 Å². The summed E-state index contributed by atoms with van der Waals surface area (Å²) in [7, 11) is 0. The molecule has 3 rings (SSSR count). The Kier molecular flexibility index (Phi) is 5.89. The van der Waals surface area contributed by atoms with Crippen LogP contribution in [0.5, 0.6) is 5.75 Å². The minimum Gasteiger partial charge on any atom is -0.493 e. The van der Waals surface area contributed by atoms with Crippen molar-refractivity contribution in [3.8, 4) is 5.75 Å². The van der Waals surface area contributed by atoms with Gasteiger partial charge in [0.1, 0.15) is 5.75 Å². The third-order valence-corrected chi connectivity index (χ3v) is 4.73. The molecule has 2 aromatic rings. The Morgan fingerprint density at radius 2 is 1.75 bits per heavy atom. The van der Waals surface area contributed by atoms with Crippen LogP contribution in [0.3, 0.4) is 0 Å². The van der Waals surface area contributed by atoms with Crippen molar-refractivity contribution >= 4 is 0 Å². The number of hydrogen-bond donors (Lipinski definition) is 1. The molecule has 0 aliphatic carbocycles. The number of rotatable bonds is 6. The van der Waals surface area contributed by atoms with E-state index in [1.54, 1.807) is 0 Å². The van der Waals surface area contributed by atoms with Crippen LogP contribution in [0.15, 0.2) is 48.5 Å². The molecule has 1 heterocycles. The number of nitrogens with one attached hydrogen (secondary N) is 1. The Morgan fingerprint density at radius 3 is 2.46 bits per heavy atom. The lowest BCUT2D eigenvalue weighted by molar-refractivity contribution is 0.165. The molecule has 128 valence electrons. The van der Waals surface area contributed by atoms with Gasteiger partial charge in [-0.25, -0.2) is 0 Å². The first-order valence-corrected chi connectivity index (χ1v) is 8.93. The van der Waals surface area contributed by atoms with E-state index in [2.05, 4.69) is 60.5 Å². The van der Waals surface area contributed by atoms with E-state index in [4.69, 9.17) is 4.74 Å². The summed E-state index contributed by atoms with van der Waals surface area (Å²) in [4.78, 5) is 2.55. The van der Waals surface area contributed by atoms with Gasteiger partial charge in [0.25, 0.3) is 0 Å². The van der Waals surface area contributed by atoms with Gasteiger partial charge in [0.2, 0.25) is 0 Å². The normalized spacial score (nSPS) is 18.5. The quantitative estimate of drug-likeness (QED) is 0.881. The smallest absolute Gasteiger partial charge is 0.119 e. The minimum absolute atomic E-state index is 0.612. The van der Waals surface area contributed by atoms with Crippen molar-refractivity contribution < 1.29 is 4.74 Å². The molecule has 3 heteroatoms. The molecule has 0 aromatic heterocycles. The molecule has 1 atom stereocenters. The first-order valence-electron chi connectivity index (χ1n) is 8.93. The fourth-order valence-electron chi connectivity index (χ4n) is 3.09. The zero-order valence-electron chi connectivity index (χ0n) is 14.8. The standard InChI is InChI=1S/C21H28N2O/c1-17-3-9-21(10-4-17)24-14-11-19-5-7-20(8-6-19)16-23-13-12-22-15-18(23)2/h3-10,18,22H,11-16H2,1-2H3/t18-/m0/s1. The van der Waals surface area contributed by atoms with E-state index >= 15 is 0 Å². The molecule has 24 heavy (non-hydrogen) atoms. The van der Waals surface area contributed by atoms with Gasteiger partial charge in [-0.3, -0.25) is 4.90 Å². The molecule has 0 bridgehead atoms. The summed E-state index contributed by atoms with van der Waals surface area (Å²) >= 11 is 0. The van der Waals surface area contributed by atoms with Crippen LogP contribution in [0.4, 0.5) is 0 Å². The molecule has 0 saturated carbocycles. The van der Waals surface area contributed by atoms with E-state index < -0.39 is 0 Å². The maximum atomic E-state index is 5.82. The van der Waals surface area contributed by atoms with Gasteiger partial charge in [0, 0.05) is 38.6 Å². The van der Waals surface area contributed by atoms with Gasteiger partial charge in [-0.1, -0.05) is 42.0 Å². The van der Waals surface area contributed by atoms with Crippen LogP contribution in [-0.2, 0) is 13.0 Å². The van der Waals surface area contributed by atoms with Crippen molar-refractivity contribution in [3.63, 3.8) is 0 Å². The number of piperazine rings is 1. The summed E-state index contributed by atoms with van der Waals surface area (Å²) < 4.78 is 5.82. The molecule has 0 spiro atoms. The molecule has 0 radical (unpaired) electrons. The van der Waals surface area contributed by atoms with E-state index in [9.17, 15) is 0 Å². The molecular formula is C21H28N2O. The number of ether oxygens (including phenoxy) is 1. The Hall–Kier alpha value is -1.84. The van der Waals surface area contributed by atoms with E-state index in [0.717, 1.165) is 45.0 Å². The number of hydrogen-bond acceptors (Lipinski definition) is 3. The Labute approximate surface area is 145 Å². The highest BCUT2D eigenvalue weighted by molar-refractivity contribution is 5.27. The molecular weight excluding hydrogens is 296 g/mol. The van der Waals surface area contributed by atoms with Crippen LogP contribution in [0.2, 0.25) is 0 Å². The van der Waals surface area contributed by atoms with Crippen molar-refractivity contribution in [1.82, 2.24) is 10.2 Å². The Bertz CT molecular complexity index is 621. The molecule has 1 aliphatic rings. The molecule has 1 fully saturated rings. The summed E-state index contributed by atoms with van der Waals surface area (Å²) in [6.07, 6.45) is 0.943. The zero-order valence-corrected chi connectivity index (χ0v) is 14.8. The largest absolute Gasteiger partial charge is 0.493 e. The fraction of sp³-hybridized carbons (Fsp3) is 0.429. The van der Waals surface area contributed by atoms with Gasteiger partial charge in [-0.2, -0.15) is 0 Å². The van der Waals surface area contributed by atoms with E-state index in [0.29, 0.717) is 6.04 Å². The first-order chi connectivity index (χ1) is 11.7. The maximum absolute atomic E-state index is 5.82. The highest BCUT2D eigenvalue weighted by Gasteiger charge is 2.17. The molecule has 0 unspecified atom stereocenters. The molecule has 1 saturated heterocycles. The summed E-state index contributed by atoms with van der Waals surface area (Å²) in [5.74, 6) is 0.949. The fourth-order valence-corrected chi connectivity index (χ4v) is 3.09. The van der Waals surface area contributed by atoms with Crippen LogP contribution in [0.1, 0.15) is 23.6 Å². The molecule has 1 N–H and O–H groups in total. The first kappa shape index (κ1) is 17.0. The minimum atomic E-state index is 0.612. The third kappa shape index (κ3) is 4.83. The highest BCUT2D eigenvalue weighted by atomic mass is 16.5. The summed E-state index contributed by atoms with van der Waals surface area (Å²) in [6, 6.07) is 17.8. The number of aryl methyl sites for hydroxylation is 1. The van der Waals surface area contributed by atoms with Gasteiger partial charge >= 0.3 is 0 Å². The van der Waals surface area contributed by atoms with Gasteiger partial charge < -0.3 is 10.1 Å². The summed E-state index contributed by atoms with van der Waals surface area (Å²) in [5, 5.41) is 3.44. The predicted octanol–water partition coefficient (Wildman–Crippen LogP) is 3.41. The lowest BCUT2D eigenvalue weighted by Crippen LogP contribution is -2.49. The average molecular weight is 324 g/mol. The van der Waals surface area contributed by atoms with Crippen LogP contribution in [0, 0.1) is 6.92 Å². The molecule has 3 nitrogen and oxygen atoms in total. The number of benzene rings is 2. The molecule has 1 aliphatic heterocycles. The molecule has 2 aromatic carbocycles. The highest BCUT2D eigenvalue weighted by Crippen LogP contribution is 2.14.